The number of esters is 2. The lowest BCUT2D eigenvalue weighted by Gasteiger charge is -2.27. The first-order valence-electron chi connectivity index (χ1n) is 6.26. The lowest BCUT2D eigenvalue weighted by molar-refractivity contribution is -0.125. The predicted octanol–water partition coefficient (Wildman–Crippen LogP) is 0.623. The van der Waals surface area contributed by atoms with Gasteiger partial charge in [0.05, 0.1) is 32.0 Å². The van der Waals surface area contributed by atoms with E-state index < -0.39 is 11.9 Å². The smallest absolute Gasteiger partial charge is 0.337 e. The third-order valence-corrected chi connectivity index (χ3v) is 3.06. The van der Waals surface area contributed by atoms with Gasteiger partial charge in [0.2, 0.25) is 0 Å². The number of hydrogen-bond acceptors (Lipinski definition) is 6. The summed E-state index contributed by atoms with van der Waals surface area (Å²) in [4.78, 5) is 36.7. The van der Waals surface area contributed by atoms with Crippen molar-refractivity contribution in [1.82, 2.24) is 0 Å². The van der Waals surface area contributed by atoms with Crippen molar-refractivity contribution >= 4 is 23.5 Å². The van der Waals surface area contributed by atoms with Crippen LogP contribution in [0.4, 0.5) is 5.69 Å². The van der Waals surface area contributed by atoms with E-state index in [9.17, 15) is 14.4 Å². The van der Waals surface area contributed by atoms with Crippen molar-refractivity contribution in [3.8, 4) is 0 Å². The number of morpholine rings is 1. The fourth-order valence-electron chi connectivity index (χ4n) is 2.03. The van der Waals surface area contributed by atoms with E-state index in [0.717, 1.165) is 0 Å². The standard InChI is InChI=1S/C14H15NO6/c1-19-13(17)9-5-10(14(18)20-2)7-11(6-9)15-3-4-21-8-12(15)16/h5-7H,3-4,8H2,1-2H3. The van der Waals surface area contributed by atoms with Gasteiger partial charge in [-0.15, -0.1) is 0 Å². The minimum absolute atomic E-state index is 0.0317. The van der Waals surface area contributed by atoms with Crippen LogP contribution in [0.1, 0.15) is 20.7 Å². The molecule has 7 nitrogen and oxygen atoms in total. The zero-order chi connectivity index (χ0) is 15.4. The summed E-state index contributed by atoms with van der Waals surface area (Å²) >= 11 is 0. The Labute approximate surface area is 121 Å². The van der Waals surface area contributed by atoms with E-state index >= 15 is 0 Å². The van der Waals surface area contributed by atoms with E-state index in [0.29, 0.717) is 18.8 Å². The predicted molar refractivity (Wildman–Crippen MR) is 72.3 cm³/mol. The summed E-state index contributed by atoms with van der Waals surface area (Å²) in [6.45, 7) is 0.710. The highest BCUT2D eigenvalue weighted by Gasteiger charge is 2.23. The van der Waals surface area contributed by atoms with E-state index in [4.69, 9.17) is 4.74 Å². The highest BCUT2D eigenvalue weighted by molar-refractivity contribution is 6.00. The molecule has 1 fully saturated rings. The number of rotatable bonds is 3. The molecule has 1 heterocycles. The molecule has 1 aliphatic rings. The molecule has 1 saturated heterocycles. The number of carbonyl (C=O) groups is 3. The van der Waals surface area contributed by atoms with Gasteiger partial charge in [-0.1, -0.05) is 0 Å². The van der Waals surface area contributed by atoms with E-state index in [1.54, 1.807) is 0 Å². The van der Waals surface area contributed by atoms with Gasteiger partial charge < -0.3 is 19.1 Å². The monoisotopic (exact) mass is 293 g/mol. The van der Waals surface area contributed by atoms with Crippen LogP contribution in [0.3, 0.4) is 0 Å². The summed E-state index contributed by atoms with van der Waals surface area (Å²) in [6.07, 6.45) is 0. The Morgan fingerprint density at radius 1 is 1.10 bits per heavy atom. The van der Waals surface area contributed by atoms with Crippen LogP contribution in [0.15, 0.2) is 18.2 Å². The van der Waals surface area contributed by atoms with Gasteiger partial charge in [0.1, 0.15) is 6.61 Å². The van der Waals surface area contributed by atoms with Gasteiger partial charge >= 0.3 is 11.9 Å². The molecule has 0 aromatic heterocycles. The molecule has 0 radical (unpaired) electrons. The van der Waals surface area contributed by atoms with Gasteiger partial charge in [-0.05, 0) is 18.2 Å². The van der Waals surface area contributed by atoms with Crippen molar-refractivity contribution in [2.75, 3.05) is 38.9 Å². The number of ether oxygens (including phenoxy) is 3. The van der Waals surface area contributed by atoms with Crippen LogP contribution in [0.5, 0.6) is 0 Å². The minimum atomic E-state index is -0.595. The molecule has 0 N–H and O–H groups in total. The summed E-state index contributed by atoms with van der Waals surface area (Å²) in [5.74, 6) is -1.43. The van der Waals surface area contributed by atoms with Gasteiger partial charge in [-0.2, -0.15) is 0 Å². The van der Waals surface area contributed by atoms with Crippen LogP contribution >= 0.6 is 0 Å². The maximum atomic E-state index is 11.9. The lowest BCUT2D eigenvalue weighted by atomic mass is 10.1. The SMILES string of the molecule is COC(=O)c1cc(C(=O)OC)cc(N2CCOCC2=O)c1. The Kier molecular flexibility index (Phi) is 4.54. The largest absolute Gasteiger partial charge is 0.465 e. The molecule has 112 valence electrons. The van der Waals surface area contributed by atoms with E-state index in [1.165, 1.54) is 37.3 Å². The van der Waals surface area contributed by atoms with Crippen molar-refractivity contribution in [1.29, 1.82) is 0 Å². The second kappa shape index (κ2) is 6.36. The Balaban J connectivity index is 2.46. The molecule has 0 atom stereocenters. The maximum absolute atomic E-state index is 11.9. The summed E-state index contributed by atoms with van der Waals surface area (Å²) in [6, 6.07) is 4.37. The fourth-order valence-corrected chi connectivity index (χ4v) is 2.03. The molecule has 0 aliphatic carbocycles. The number of methoxy groups -OCH3 is 2. The van der Waals surface area contributed by atoms with Crippen LogP contribution in [-0.2, 0) is 19.0 Å². The average molecular weight is 293 g/mol. The molecular weight excluding hydrogens is 278 g/mol. The second-order valence-corrected chi connectivity index (χ2v) is 4.35. The number of carbonyl (C=O) groups excluding carboxylic acids is 3. The van der Waals surface area contributed by atoms with Crippen LogP contribution in [0, 0.1) is 0 Å². The Morgan fingerprint density at radius 3 is 2.14 bits per heavy atom. The molecule has 0 spiro atoms. The molecule has 21 heavy (non-hydrogen) atoms. The summed E-state index contributed by atoms with van der Waals surface area (Å²) in [7, 11) is 2.49. The number of anilines is 1. The van der Waals surface area contributed by atoms with Crippen molar-refractivity contribution < 1.29 is 28.6 Å². The van der Waals surface area contributed by atoms with Crippen LogP contribution < -0.4 is 4.90 Å². The highest BCUT2D eigenvalue weighted by Crippen LogP contribution is 2.22. The second-order valence-electron chi connectivity index (χ2n) is 4.35. The molecule has 1 aromatic rings. The average Bonchev–Trinajstić information content (AvgIpc) is 2.53. The Morgan fingerprint density at radius 2 is 1.67 bits per heavy atom. The quantitative estimate of drug-likeness (QED) is 0.760. The molecule has 1 amide bonds. The molecule has 0 unspecified atom stereocenters. The molecule has 7 heteroatoms. The summed E-state index contributed by atoms with van der Waals surface area (Å²) < 4.78 is 14.4. The van der Waals surface area contributed by atoms with Crippen molar-refractivity contribution in [3.63, 3.8) is 0 Å². The van der Waals surface area contributed by atoms with Gasteiger partial charge in [0, 0.05) is 12.2 Å². The first-order chi connectivity index (χ1) is 10.1. The van der Waals surface area contributed by atoms with E-state index in [2.05, 4.69) is 9.47 Å². The zero-order valence-corrected chi connectivity index (χ0v) is 11.8. The van der Waals surface area contributed by atoms with Gasteiger partial charge in [-0.3, -0.25) is 4.79 Å². The maximum Gasteiger partial charge on any atom is 0.337 e. The van der Waals surface area contributed by atoms with Crippen LogP contribution in [0.2, 0.25) is 0 Å². The first kappa shape index (κ1) is 15.0. The van der Waals surface area contributed by atoms with Crippen molar-refractivity contribution in [2.24, 2.45) is 0 Å². The molecule has 1 aromatic carbocycles. The normalized spacial score (nSPS) is 14.8. The van der Waals surface area contributed by atoms with Gasteiger partial charge in [-0.25, -0.2) is 9.59 Å². The van der Waals surface area contributed by atoms with Crippen molar-refractivity contribution in [2.45, 2.75) is 0 Å². The molecule has 2 rings (SSSR count). The molecule has 0 saturated carbocycles. The number of benzene rings is 1. The van der Waals surface area contributed by atoms with E-state index in [1.807, 2.05) is 0 Å². The van der Waals surface area contributed by atoms with Crippen LogP contribution in [-0.4, -0.2) is 51.8 Å². The molecular formula is C14H15NO6. The highest BCUT2D eigenvalue weighted by atomic mass is 16.5. The number of amides is 1. The summed E-state index contributed by atoms with van der Waals surface area (Å²) in [5.41, 5.74) is 0.788. The third kappa shape index (κ3) is 3.19. The van der Waals surface area contributed by atoms with Gasteiger partial charge in [0.25, 0.3) is 5.91 Å². The number of hydrogen-bond donors (Lipinski definition) is 0. The topological polar surface area (TPSA) is 82.1 Å². The summed E-state index contributed by atoms with van der Waals surface area (Å²) in [5, 5.41) is 0. The zero-order valence-electron chi connectivity index (χ0n) is 11.8. The third-order valence-electron chi connectivity index (χ3n) is 3.06. The molecule has 0 bridgehead atoms. The molecule has 1 aliphatic heterocycles. The first-order valence-corrected chi connectivity index (χ1v) is 6.26. The minimum Gasteiger partial charge on any atom is -0.465 e. The van der Waals surface area contributed by atoms with E-state index in [-0.39, 0.29) is 23.6 Å². The van der Waals surface area contributed by atoms with Gasteiger partial charge in [0.15, 0.2) is 0 Å². The Hall–Kier alpha value is -2.41. The fraction of sp³-hybridized carbons (Fsp3) is 0.357. The Bertz CT molecular complexity index is 549. The lowest BCUT2D eigenvalue weighted by Crippen LogP contribution is -2.41. The number of nitrogens with zero attached hydrogens (tertiary/aromatic N) is 1. The van der Waals surface area contributed by atoms with Crippen LogP contribution in [0.25, 0.3) is 0 Å². The van der Waals surface area contributed by atoms with Crippen molar-refractivity contribution in [3.05, 3.63) is 29.3 Å².